The van der Waals surface area contributed by atoms with E-state index in [1.165, 1.54) is 16.7 Å². The molecular weight excluding hydrogens is 204 g/mol. The standard InChI is InChI=1S/C17H28/c1-11(2)13(5)16-9-8-10-17(15(16)7)14(6)12(3)4/h8-14H,1-7H3. The molecule has 0 heterocycles. The smallest absolute Gasteiger partial charge is 0.0165 e. The molecule has 0 N–H and O–H groups in total. The van der Waals surface area contributed by atoms with Crippen LogP contribution in [0.25, 0.3) is 0 Å². The van der Waals surface area contributed by atoms with Crippen LogP contribution >= 0.6 is 0 Å². The monoisotopic (exact) mass is 232 g/mol. The Hall–Kier alpha value is -0.780. The van der Waals surface area contributed by atoms with Crippen molar-refractivity contribution in [3.63, 3.8) is 0 Å². The number of benzene rings is 1. The van der Waals surface area contributed by atoms with Gasteiger partial charge in [0.15, 0.2) is 0 Å². The highest BCUT2D eigenvalue weighted by Crippen LogP contribution is 2.33. The van der Waals surface area contributed by atoms with Gasteiger partial charge < -0.3 is 0 Å². The fraction of sp³-hybridized carbons (Fsp3) is 0.647. The SMILES string of the molecule is Cc1c(C(C)C(C)C)cccc1C(C)C(C)C. The van der Waals surface area contributed by atoms with Gasteiger partial charge >= 0.3 is 0 Å². The number of hydrogen-bond donors (Lipinski definition) is 0. The largest absolute Gasteiger partial charge is 0.0622 e. The molecule has 1 aromatic rings. The van der Waals surface area contributed by atoms with Gasteiger partial charge in [0.25, 0.3) is 0 Å². The minimum Gasteiger partial charge on any atom is -0.0622 e. The second-order valence-corrected chi connectivity index (χ2v) is 6.13. The lowest BCUT2D eigenvalue weighted by molar-refractivity contribution is 0.518. The van der Waals surface area contributed by atoms with Crippen LogP contribution in [0.5, 0.6) is 0 Å². The molecule has 96 valence electrons. The second-order valence-electron chi connectivity index (χ2n) is 6.13. The Labute approximate surface area is 107 Å². The van der Waals surface area contributed by atoms with Crippen LogP contribution in [0, 0.1) is 18.8 Å². The fourth-order valence-corrected chi connectivity index (χ4v) is 2.38. The topological polar surface area (TPSA) is 0 Å². The Morgan fingerprint density at radius 2 is 1.06 bits per heavy atom. The van der Waals surface area contributed by atoms with Crippen molar-refractivity contribution < 1.29 is 0 Å². The van der Waals surface area contributed by atoms with Crippen LogP contribution in [0.4, 0.5) is 0 Å². The van der Waals surface area contributed by atoms with Crippen LogP contribution in [0.2, 0.25) is 0 Å². The van der Waals surface area contributed by atoms with E-state index < -0.39 is 0 Å². The van der Waals surface area contributed by atoms with Crippen molar-refractivity contribution >= 4 is 0 Å². The van der Waals surface area contributed by atoms with E-state index in [0.29, 0.717) is 23.7 Å². The lowest BCUT2D eigenvalue weighted by Gasteiger charge is -2.24. The minimum atomic E-state index is 0.648. The Morgan fingerprint density at radius 1 is 0.706 bits per heavy atom. The molecule has 1 aromatic carbocycles. The van der Waals surface area contributed by atoms with E-state index in [1.54, 1.807) is 0 Å². The van der Waals surface area contributed by atoms with Crippen molar-refractivity contribution in [3.8, 4) is 0 Å². The van der Waals surface area contributed by atoms with Gasteiger partial charge in [-0.2, -0.15) is 0 Å². The highest BCUT2D eigenvalue weighted by molar-refractivity contribution is 5.38. The summed E-state index contributed by atoms with van der Waals surface area (Å²) in [6.07, 6.45) is 0. The van der Waals surface area contributed by atoms with Gasteiger partial charge in [0, 0.05) is 0 Å². The molecule has 0 aromatic heterocycles. The number of hydrogen-bond acceptors (Lipinski definition) is 0. The van der Waals surface area contributed by atoms with Crippen molar-refractivity contribution in [2.75, 3.05) is 0 Å². The maximum Gasteiger partial charge on any atom is -0.0165 e. The molecule has 0 saturated carbocycles. The molecule has 0 amide bonds. The molecule has 0 saturated heterocycles. The van der Waals surface area contributed by atoms with E-state index in [4.69, 9.17) is 0 Å². The first-order chi connectivity index (χ1) is 7.86. The fourth-order valence-electron chi connectivity index (χ4n) is 2.38. The predicted octanol–water partition coefficient (Wildman–Crippen LogP) is 5.51. The lowest BCUT2D eigenvalue weighted by Crippen LogP contribution is -2.09. The third kappa shape index (κ3) is 3.12. The molecule has 0 aliphatic heterocycles. The van der Waals surface area contributed by atoms with Crippen LogP contribution < -0.4 is 0 Å². The molecule has 0 fully saturated rings. The normalized spacial score (nSPS) is 15.4. The van der Waals surface area contributed by atoms with Crippen LogP contribution in [0.15, 0.2) is 18.2 Å². The van der Waals surface area contributed by atoms with Crippen LogP contribution in [0.3, 0.4) is 0 Å². The zero-order valence-corrected chi connectivity index (χ0v) is 12.5. The van der Waals surface area contributed by atoms with Gasteiger partial charge in [-0.3, -0.25) is 0 Å². The second kappa shape index (κ2) is 5.71. The molecule has 0 bridgehead atoms. The summed E-state index contributed by atoms with van der Waals surface area (Å²) in [6, 6.07) is 6.84. The zero-order chi connectivity index (χ0) is 13.2. The minimum absolute atomic E-state index is 0.648. The molecule has 17 heavy (non-hydrogen) atoms. The Bertz CT molecular complexity index is 328. The molecule has 2 atom stereocenters. The molecule has 0 aliphatic carbocycles. The van der Waals surface area contributed by atoms with Gasteiger partial charge in [-0.1, -0.05) is 59.7 Å². The van der Waals surface area contributed by atoms with E-state index in [9.17, 15) is 0 Å². The van der Waals surface area contributed by atoms with E-state index in [-0.39, 0.29) is 0 Å². The molecule has 0 spiro atoms. The van der Waals surface area contributed by atoms with Gasteiger partial charge in [0.05, 0.1) is 0 Å². The zero-order valence-electron chi connectivity index (χ0n) is 12.5. The average Bonchev–Trinajstić information content (AvgIpc) is 2.27. The summed E-state index contributed by atoms with van der Waals surface area (Å²) in [7, 11) is 0. The molecule has 0 heteroatoms. The van der Waals surface area contributed by atoms with Gasteiger partial charge in [0.2, 0.25) is 0 Å². The predicted molar refractivity (Wildman–Crippen MR) is 77.7 cm³/mol. The van der Waals surface area contributed by atoms with Crippen LogP contribution in [-0.2, 0) is 0 Å². The van der Waals surface area contributed by atoms with Crippen molar-refractivity contribution in [1.29, 1.82) is 0 Å². The van der Waals surface area contributed by atoms with Crippen molar-refractivity contribution in [1.82, 2.24) is 0 Å². The van der Waals surface area contributed by atoms with Gasteiger partial charge in [0.1, 0.15) is 0 Å². The maximum atomic E-state index is 2.34. The van der Waals surface area contributed by atoms with Crippen LogP contribution in [-0.4, -0.2) is 0 Å². The van der Waals surface area contributed by atoms with Gasteiger partial charge in [-0.25, -0.2) is 0 Å². The summed E-state index contributed by atoms with van der Waals surface area (Å²) in [5.74, 6) is 2.71. The van der Waals surface area contributed by atoms with Gasteiger partial charge in [-0.05, 0) is 47.3 Å². The molecule has 0 aliphatic rings. The molecule has 2 unspecified atom stereocenters. The third-order valence-corrected chi connectivity index (χ3v) is 4.40. The first-order valence-corrected chi connectivity index (χ1v) is 6.95. The Kier molecular flexibility index (Phi) is 4.80. The highest BCUT2D eigenvalue weighted by Gasteiger charge is 2.18. The Balaban J connectivity index is 3.16. The highest BCUT2D eigenvalue weighted by atomic mass is 14.2. The van der Waals surface area contributed by atoms with E-state index >= 15 is 0 Å². The third-order valence-electron chi connectivity index (χ3n) is 4.40. The lowest BCUT2D eigenvalue weighted by atomic mass is 9.81. The summed E-state index contributed by atoms with van der Waals surface area (Å²) in [6.45, 7) is 16.2. The summed E-state index contributed by atoms with van der Waals surface area (Å²) >= 11 is 0. The first-order valence-electron chi connectivity index (χ1n) is 6.95. The van der Waals surface area contributed by atoms with Gasteiger partial charge in [-0.15, -0.1) is 0 Å². The first kappa shape index (κ1) is 14.3. The quantitative estimate of drug-likeness (QED) is 0.641. The van der Waals surface area contributed by atoms with Crippen molar-refractivity contribution in [3.05, 3.63) is 34.9 Å². The maximum absolute atomic E-state index is 2.34. The van der Waals surface area contributed by atoms with E-state index in [0.717, 1.165) is 0 Å². The molecule has 0 nitrogen and oxygen atoms in total. The Morgan fingerprint density at radius 3 is 1.35 bits per heavy atom. The molecule has 1 rings (SSSR count). The summed E-state index contributed by atoms with van der Waals surface area (Å²) < 4.78 is 0. The number of rotatable bonds is 4. The summed E-state index contributed by atoms with van der Waals surface area (Å²) in [5, 5.41) is 0. The van der Waals surface area contributed by atoms with E-state index in [2.05, 4.69) is 66.7 Å². The average molecular weight is 232 g/mol. The van der Waals surface area contributed by atoms with E-state index in [1.807, 2.05) is 0 Å². The summed E-state index contributed by atoms with van der Waals surface area (Å²) in [5.41, 5.74) is 4.57. The molecular formula is C17H28. The summed E-state index contributed by atoms with van der Waals surface area (Å²) in [4.78, 5) is 0. The van der Waals surface area contributed by atoms with Crippen molar-refractivity contribution in [2.45, 2.75) is 60.3 Å². The molecule has 0 radical (unpaired) electrons. The van der Waals surface area contributed by atoms with Crippen LogP contribution in [0.1, 0.15) is 70.1 Å². The van der Waals surface area contributed by atoms with Crippen molar-refractivity contribution in [2.24, 2.45) is 11.8 Å².